The Labute approximate surface area is 165 Å². The third-order valence-electron chi connectivity index (χ3n) is 3.51. The minimum absolute atomic E-state index is 0. The molecule has 0 saturated heterocycles. The molecule has 0 atom stereocenters. The number of ether oxygens (including phenoxy) is 1. The van der Waals surface area contributed by atoms with Gasteiger partial charge in [-0.2, -0.15) is 0 Å². The first kappa shape index (κ1) is 20.7. The monoisotopic (exact) mass is 460 g/mol. The molecule has 1 N–H and O–H groups in total. The molecule has 0 fully saturated rings. The van der Waals surface area contributed by atoms with Crippen molar-refractivity contribution in [1.82, 2.24) is 15.2 Å². The number of hydrogen-bond acceptors (Lipinski definition) is 4. The minimum Gasteiger partial charge on any atom is -0.496 e. The van der Waals surface area contributed by atoms with Gasteiger partial charge in [0, 0.05) is 30.6 Å². The number of para-hydroxylation sites is 1. The van der Waals surface area contributed by atoms with E-state index >= 15 is 0 Å². The van der Waals surface area contributed by atoms with Crippen molar-refractivity contribution >= 4 is 41.3 Å². The van der Waals surface area contributed by atoms with Gasteiger partial charge in [-0.05, 0) is 19.9 Å². The van der Waals surface area contributed by atoms with Crippen LogP contribution in [0.4, 0.5) is 0 Å². The van der Waals surface area contributed by atoms with Crippen LogP contribution in [0.2, 0.25) is 0 Å². The first-order valence-electron chi connectivity index (χ1n) is 7.66. The van der Waals surface area contributed by atoms with Crippen molar-refractivity contribution < 1.29 is 4.74 Å². The Hall–Kier alpha value is -1.35. The van der Waals surface area contributed by atoms with E-state index in [1.54, 1.807) is 18.4 Å². The lowest BCUT2D eigenvalue weighted by Crippen LogP contribution is -2.38. The second-order valence-corrected chi connectivity index (χ2v) is 6.14. The molecule has 0 amide bonds. The lowest BCUT2D eigenvalue weighted by atomic mass is 10.2. The third-order valence-corrected chi connectivity index (χ3v) is 4.43. The predicted molar refractivity (Wildman–Crippen MR) is 112 cm³/mol. The fourth-order valence-corrected chi connectivity index (χ4v) is 2.96. The molecular formula is C17H25IN4OS. The quantitative estimate of drug-likeness (QED) is 0.406. The van der Waals surface area contributed by atoms with E-state index < -0.39 is 0 Å². The van der Waals surface area contributed by atoms with Gasteiger partial charge in [-0.25, -0.2) is 9.98 Å². The molecule has 0 unspecified atom stereocenters. The molecule has 0 aliphatic carbocycles. The smallest absolute Gasteiger partial charge is 0.194 e. The molecule has 2 rings (SSSR count). The Kier molecular flexibility index (Phi) is 9.05. The Bertz CT molecular complexity index is 660. The molecule has 7 heteroatoms. The van der Waals surface area contributed by atoms with Crippen LogP contribution in [0.3, 0.4) is 0 Å². The van der Waals surface area contributed by atoms with E-state index in [0.717, 1.165) is 36.1 Å². The summed E-state index contributed by atoms with van der Waals surface area (Å²) in [6.45, 7) is 6.31. The van der Waals surface area contributed by atoms with E-state index in [2.05, 4.69) is 28.2 Å². The summed E-state index contributed by atoms with van der Waals surface area (Å²) in [6.07, 6.45) is 0. The zero-order chi connectivity index (χ0) is 16.7. The predicted octanol–water partition coefficient (Wildman–Crippen LogP) is 3.68. The molecular weight excluding hydrogens is 435 g/mol. The van der Waals surface area contributed by atoms with Gasteiger partial charge in [-0.3, -0.25) is 0 Å². The molecule has 0 bridgehead atoms. The largest absolute Gasteiger partial charge is 0.496 e. The Balaban J connectivity index is 0.00000288. The number of aromatic nitrogens is 1. The van der Waals surface area contributed by atoms with Gasteiger partial charge in [0.15, 0.2) is 5.96 Å². The Morgan fingerprint density at radius 2 is 2.12 bits per heavy atom. The molecule has 0 spiro atoms. The summed E-state index contributed by atoms with van der Waals surface area (Å²) < 4.78 is 5.43. The molecule has 0 saturated carbocycles. The molecule has 1 aromatic carbocycles. The van der Waals surface area contributed by atoms with Crippen LogP contribution < -0.4 is 10.1 Å². The summed E-state index contributed by atoms with van der Waals surface area (Å²) in [6, 6.07) is 8.06. The van der Waals surface area contributed by atoms with E-state index in [9.17, 15) is 0 Å². The number of rotatable bonds is 6. The average Bonchev–Trinajstić information content (AvgIpc) is 2.97. The first-order valence-corrected chi connectivity index (χ1v) is 8.54. The van der Waals surface area contributed by atoms with Crippen LogP contribution in [0.5, 0.6) is 5.75 Å². The molecule has 24 heavy (non-hydrogen) atoms. The topological polar surface area (TPSA) is 49.8 Å². The molecule has 0 radical (unpaired) electrons. The van der Waals surface area contributed by atoms with Gasteiger partial charge >= 0.3 is 0 Å². The van der Waals surface area contributed by atoms with E-state index in [0.29, 0.717) is 6.54 Å². The van der Waals surface area contributed by atoms with Crippen molar-refractivity contribution in [3.8, 4) is 5.75 Å². The average molecular weight is 460 g/mol. The van der Waals surface area contributed by atoms with Crippen molar-refractivity contribution in [2.45, 2.75) is 26.9 Å². The number of nitrogens with zero attached hydrogens (tertiary/aromatic N) is 3. The number of aliphatic imine (C=N–C) groups is 1. The molecule has 132 valence electrons. The van der Waals surface area contributed by atoms with E-state index in [4.69, 9.17) is 9.73 Å². The molecule has 1 heterocycles. The van der Waals surface area contributed by atoms with Crippen molar-refractivity contribution in [3.05, 3.63) is 45.9 Å². The number of guanidine groups is 1. The standard InChI is InChI=1S/C17H24N4OS.HI/c1-5-18-17(19-10-16-13(2)20-12-23-16)21(3)11-14-8-6-7-9-15(14)22-4;/h6-9,12H,5,10-11H2,1-4H3,(H,18,19);1H. The van der Waals surface area contributed by atoms with Crippen LogP contribution in [0.25, 0.3) is 0 Å². The molecule has 0 aliphatic rings. The maximum absolute atomic E-state index is 5.43. The second-order valence-electron chi connectivity index (χ2n) is 5.20. The van der Waals surface area contributed by atoms with Gasteiger partial charge in [-0.1, -0.05) is 18.2 Å². The highest BCUT2D eigenvalue weighted by atomic mass is 127. The van der Waals surface area contributed by atoms with Crippen LogP contribution in [-0.2, 0) is 13.1 Å². The molecule has 2 aromatic rings. The van der Waals surface area contributed by atoms with Gasteiger partial charge in [0.1, 0.15) is 5.75 Å². The summed E-state index contributed by atoms with van der Waals surface area (Å²) in [5, 5.41) is 3.34. The number of thiazole rings is 1. The summed E-state index contributed by atoms with van der Waals surface area (Å²) in [5.41, 5.74) is 4.06. The number of halogens is 1. The number of hydrogen-bond donors (Lipinski definition) is 1. The lowest BCUT2D eigenvalue weighted by molar-refractivity contribution is 0.396. The molecule has 0 aliphatic heterocycles. The van der Waals surface area contributed by atoms with Gasteiger partial charge in [0.05, 0.1) is 24.9 Å². The SMILES string of the molecule is CCNC(=NCc1scnc1C)N(C)Cc1ccccc1OC.I. The molecule has 1 aromatic heterocycles. The maximum atomic E-state index is 5.43. The van der Waals surface area contributed by atoms with E-state index in [1.807, 2.05) is 37.7 Å². The maximum Gasteiger partial charge on any atom is 0.194 e. The summed E-state index contributed by atoms with van der Waals surface area (Å²) in [5.74, 6) is 1.78. The highest BCUT2D eigenvalue weighted by molar-refractivity contribution is 14.0. The van der Waals surface area contributed by atoms with Crippen LogP contribution in [0.1, 0.15) is 23.1 Å². The summed E-state index contributed by atoms with van der Waals surface area (Å²) in [4.78, 5) is 12.3. The van der Waals surface area contributed by atoms with Gasteiger partial charge in [0.25, 0.3) is 0 Å². The first-order chi connectivity index (χ1) is 11.2. The number of nitrogens with one attached hydrogen (secondary N) is 1. The van der Waals surface area contributed by atoms with Crippen molar-refractivity contribution in [3.63, 3.8) is 0 Å². The lowest BCUT2D eigenvalue weighted by Gasteiger charge is -2.23. The summed E-state index contributed by atoms with van der Waals surface area (Å²) in [7, 11) is 3.73. The second kappa shape index (κ2) is 10.5. The number of methoxy groups -OCH3 is 1. The van der Waals surface area contributed by atoms with Crippen LogP contribution in [0, 0.1) is 6.92 Å². The van der Waals surface area contributed by atoms with Crippen LogP contribution in [-0.4, -0.2) is 36.5 Å². The Morgan fingerprint density at radius 1 is 1.38 bits per heavy atom. The third kappa shape index (κ3) is 5.62. The van der Waals surface area contributed by atoms with Crippen LogP contribution >= 0.6 is 35.3 Å². The fraction of sp³-hybridized carbons (Fsp3) is 0.412. The number of aryl methyl sites for hydroxylation is 1. The van der Waals surface area contributed by atoms with Crippen molar-refractivity contribution in [2.24, 2.45) is 4.99 Å². The van der Waals surface area contributed by atoms with Gasteiger partial charge < -0.3 is 15.0 Å². The number of benzene rings is 1. The Morgan fingerprint density at radius 3 is 2.75 bits per heavy atom. The van der Waals surface area contributed by atoms with Gasteiger partial charge in [-0.15, -0.1) is 35.3 Å². The minimum atomic E-state index is 0. The zero-order valence-corrected chi connectivity index (χ0v) is 17.7. The zero-order valence-electron chi connectivity index (χ0n) is 14.6. The van der Waals surface area contributed by atoms with E-state index in [-0.39, 0.29) is 24.0 Å². The molecule has 5 nitrogen and oxygen atoms in total. The normalized spacial score (nSPS) is 10.9. The summed E-state index contributed by atoms with van der Waals surface area (Å²) >= 11 is 1.65. The van der Waals surface area contributed by atoms with Crippen LogP contribution in [0.15, 0.2) is 34.8 Å². The van der Waals surface area contributed by atoms with Crippen molar-refractivity contribution in [2.75, 3.05) is 20.7 Å². The fourth-order valence-electron chi connectivity index (χ4n) is 2.26. The van der Waals surface area contributed by atoms with Gasteiger partial charge in [0.2, 0.25) is 0 Å². The van der Waals surface area contributed by atoms with E-state index in [1.165, 1.54) is 4.88 Å². The van der Waals surface area contributed by atoms with Crippen molar-refractivity contribution in [1.29, 1.82) is 0 Å². The highest BCUT2D eigenvalue weighted by Crippen LogP contribution is 2.19. The highest BCUT2D eigenvalue weighted by Gasteiger charge is 2.10.